The van der Waals surface area contributed by atoms with E-state index in [0.29, 0.717) is 6.42 Å². The monoisotopic (exact) mass is 195 g/mol. The number of rotatable bonds is 4. The summed E-state index contributed by atoms with van der Waals surface area (Å²) in [5.41, 5.74) is 0.771. The van der Waals surface area contributed by atoms with Crippen LogP contribution in [-0.4, -0.2) is 31.6 Å². The summed E-state index contributed by atoms with van der Waals surface area (Å²) in [4.78, 5) is 15.1. The Bertz CT molecular complexity index is 283. The van der Waals surface area contributed by atoms with E-state index in [1.807, 2.05) is 0 Å². The third-order valence-electron chi connectivity index (χ3n) is 1.97. The average molecular weight is 195 g/mol. The fourth-order valence-corrected chi connectivity index (χ4v) is 1.25. The Balaban J connectivity index is 2.66. The van der Waals surface area contributed by atoms with Crippen molar-refractivity contribution in [1.82, 2.24) is 0 Å². The molecule has 76 valence electrons. The fourth-order valence-electron chi connectivity index (χ4n) is 1.25. The highest BCUT2D eigenvalue weighted by molar-refractivity contribution is 5.80. The van der Waals surface area contributed by atoms with Crippen molar-refractivity contribution in [3.8, 4) is 0 Å². The van der Waals surface area contributed by atoms with Crippen LogP contribution < -0.4 is 0 Å². The van der Waals surface area contributed by atoms with Gasteiger partial charge >= 0.3 is 5.97 Å². The van der Waals surface area contributed by atoms with Gasteiger partial charge in [-0.3, -0.25) is 0 Å². The van der Waals surface area contributed by atoms with E-state index in [9.17, 15) is 4.79 Å². The summed E-state index contributed by atoms with van der Waals surface area (Å²) in [5, 5.41) is 0. The van der Waals surface area contributed by atoms with Crippen molar-refractivity contribution in [2.45, 2.75) is 18.6 Å². The number of esters is 1. The molecular formula is C10H13NO3. The third kappa shape index (κ3) is 2.02. The summed E-state index contributed by atoms with van der Waals surface area (Å²) in [6.07, 6.45) is 3.15. The average Bonchev–Trinajstić information content (AvgIpc) is 2.65. The van der Waals surface area contributed by atoms with E-state index >= 15 is 0 Å². The first-order valence-electron chi connectivity index (χ1n) is 4.24. The van der Waals surface area contributed by atoms with Crippen molar-refractivity contribution in [2.75, 3.05) is 7.11 Å². The summed E-state index contributed by atoms with van der Waals surface area (Å²) >= 11 is 0. The van der Waals surface area contributed by atoms with E-state index in [-0.39, 0.29) is 0 Å². The highest BCUT2D eigenvalue weighted by Gasteiger charge is 2.34. The zero-order valence-corrected chi connectivity index (χ0v) is 8.10. The van der Waals surface area contributed by atoms with Gasteiger partial charge in [0.05, 0.1) is 7.11 Å². The van der Waals surface area contributed by atoms with Crippen molar-refractivity contribution < 1.29 is 14.3 Å². The van der Waals surface area contributed by atoms with Gasteiger partial charge in [-0.1, -0.05) is 12.7 Å². The molecule has 0 saturated carbocycles. The van der Waals surface area contributed by atoms with Gasteiger partial charge in [0.2, 0.25) is 0 Å². The van der Waals surface area contributed by atoms with Gasteiger partial charge in [-0.05, 0) is 12.0 Å². The second kappa shape index (κ2) is 4.60. The third-order valence-corrected chi connectivity index (χ3v) is 1.97. The molecule has 0 aromatic rings. The van der Waals surface area contributed by atoms with E-state index in [1.54, 1.807) is 6.08 Å². The number of methoxy groups -OCH3 is 1. The molecule has 0 aromatic heterocycles. The summed E-state index contributed by atoms with van der Waals surface area (Å²) in [6, 6.07) is -0.618. The van der Waals surface area contributed by atoms with Crippen LogP contribution in [0.25, 0.3) is 0 Å². The van der Waals surface area contributed by atoms with Crippen LogP contribution in [0.4, 0.5) is 0 Å². The van der Waals surface area contributed by atoms with Gasteiger partial charge in [0.1, 0.15) is 0 Å². The smallest absolute Gasteiger partial charge is 0.334 e. The number of carbonyl (C=O) groups excluding carboxylic acids is 1. The van der Waals surface area contributed by atoms with E-state index in [1.165, 1.54) is 13.5 Å². The van der Waals surface area contributed by atoms with Gasteiger partial charge in [-0.15, -0.1) is 6.58 Å². The number of ether oxygens (including phenoxy) is 2. The minimum atomic E-state index is -0.618. The fraction of sp³-hybridized carbons (Fsp3) is 0.400. The van der Waals surface area contributed by atoms with E-state index in [4.69, 9.17) is 4.74 Å². The van der Waals surface area contributed by atoms with Crippen LogP contribution in [-0.2, 0) is 14.3 Å². The number of hydrogen-bond donors (Lipinski definition) is 0. The molecule has 0 radical (unpaired) electrons. The van der Waals surface area contributed by atoms with Gasteiger partial charge in [0.15, 0.2) is 18.5 Å². The molecule has 0 aromatic carbocycles. The molecule has 2 unspecified atom stereocenters. The number of carbonyl (C=O) groups is 1. The van der Waals surface area contributed by atoms with Crippen molar-refractivity contribution in [3.63, 3.8) is 0 Å². The Labute approximate surface area is 82.9 Å². The van der Waals surface area contributed by atoms with Crippen LogP contribution in [0.3, 0.4) is 0 Å². The predicted molar refractivity (Wildman–Crippen MR) is 53.1 cm³/mol. The summed E-state index contributed by atoms with van der Waals surface area (Å²) in [5.74, 6) is -0.408. The molecule has 4 nitrogen and oxygen atoms in total. The Morgan fingerprint density at radius 3 is 3.07 bits per heavy atom. The number of aliphatic imine (C=N–C) groups is 1. The van der Waals surface area contributed by atoms with Crippen LogP contribution in [0.15, 0.2) is 29.8 Å². The molecule has 0 N–H and O–H groups in total. The summed E-state index contributed by atoms with van der Waals surface area (Å²) in [6.45, 7) is 7.40. The SMILES string of the molecule is C=CCC(=C)C1OC=NC1C(=O)OC. The molecule has 1 rings (SSSR count). The normalized spacial score (nSPS) is 24.1. The van der Waals surface area contributed by atoms with Gasteiger partial charge < -0.3 is 9.47 Å². The molecule has 0 aliphatic carbocycles. The molecule has 0 bridgehead atoms. The number of nitrogens with zero attached hydrogens (tertiary/aromatic N) is 1. The molecule has 1 heterocycles. The molecular weight excluding hydrogens is 182 g/mol. The van der Waals surface area contributed by atoms with Crippen LogP contribution in [0, 0.1) is 0 Å². The van der Waals surface area contributed by atoms with Crippen LogP contribution in [0.1, 0.15) is 6.42 Å². The summed E-state index contributed by atoms with van der Waals surface area (Å²) in [7, 11) is 1.32. The topological polar surface area (TPSA) is 47.9 Å². The van der Waals surface area contributed by atoms with Gasteiger partial charge in [0.25, 0.3) is 0 Å². The molecule has 1 aliphatic rings. The Morgan fingerprint density at radius 1 is 1.79 bits per heavy atom. The van der Waals surface area contributed by atoms with Crippen molar-refractivity contribution in [1.29, 1.82) is 0 Å². The Hall–Kier alpha value is -1.58. The van der Waals surface area contributed by atoms with Crippen molar-refractivity contribution in [3.05, 3.63) is 24.8 Å². The molecule has 1 aliphatic heterocycles. The second-order valence-electron chi connectivity index (χ2n) is 2.93. The molecule has 0 fully saturated rings. The Morgan fingerprint density at radius 2 is 2.50 bits per heavy atom. The Kier molecular flexibility index (Phi) is 3.45. The molecule has 0 amide bonds. The van der Waals surface area contributed by atoms with E-state index in [2.05, 4.69) is 22.9 Å². The van der Waals surface area contributed by atoms with Gasteiger partial charge in [-0.25, -0.2) is 9.79 Å². The van der Waals surface area contributed by atoms with Gasteiger partial charge in [-0.2, -0.15) is 0 Å². The van der Waals surface area contributed by atoms with E-state index in [0.717, 1.165) is 5.57 Å². The maximum absolute atomic E-state index is 11.3. The minimum absolute atomic E-state index is 0.408. The first-order valence-corrected chi connectivity index (χ1v) is 4.24. The zero-order chi connectivity index (χ0) is 10.6. The highest BCUT2D eigenvalue weighted by Crippen LogP contribution is 2.20. The largest absolute Gasteiger partial charge is 0.473 e. The van der Waals surface area contributed by atoms with Crippen LogP contribution in [0.2, 0.25) is 0 Å². The standard InChI is InChI=1S/C10H13NO3/c1-4-5-7(2)9-8(10(12)13-3)11-6-14-9/h4,6,8-9H,1-2,5H2,3H3. The lowest BCUT2D eigenvalue weighted by Crippen LogP contribution is -2.32. The lowest BCUT2D eigenvalue weighted by atomic mass is 10.0. The first-order chi connectivity index (χ1) is 6.70. The van der Waals surface area contributed by atoms with E-state index < -0.39 is 18.1 Å². The van der Waals surface area contributed by atoms with Gasteiger partial charge in [0, 0.05) is 0 Å². The molecule has 4 heteroatoms. The number of hydrogen-bond acceptors (Lipinski definition) is 4. The van der Waals surface area contributed by atoms with Crippen molar-refractivity contribution >= 4 is 12.4 Å². The lowest BCUT2D eigenvalue weighted by Gasteiger charge is -2.16. The van der Waals surface area contributed by atoms with Crippen LogP contribution >= 0.6 is 0 Å². The highest BCUT2D eigenvalue weighted by atomic mass is 16.5. The molecule has 0 spiro atoms. The number of allylic oxidation sites excluding steroid dienone is 1. The summed E-state index contributed by atoms with van der Waals surface area (Å²) < 4.78 is 9.76. The maximum Gasteiger partial charge on any atom is 0.334 e. The zero-order valence-electron chi connectivity index (χ0n) is 8.10. The molecule has 0 saturated heterocycles. The van der Waals surface area contributed by atoms with Crippen molar-refractivity contribution in [2.24, 2.45) is 4.99 Å². The quantitative estimate of drug-likeness (QED) is 0.498. The second-order valence-corrected chi connectivity index (χ2v) is 2.93. The minimum Gasteiger partial charge on any atom is -0.473 e. The molecule has 14 heavy (non-hydrogen) atoms. The molecule has 2 atom stereocenters. The maximum atomic E-state index is 11.3. The first kappa shape index (κ1) is 10.5. The van der Waals surface area contributed by atoms with Crippen LogP contribution in [0.5, 0.6) is 0 Å². The predicted octanol–water partition coefficient (Wildman–Crippen LogP) is 1.09. The lowest BCUT2D eigenvalue weighted by molar-refractivity contribution is -0.143.